The zero-order chi connectivity index (χ0) is 15.4. The Hall–Kier alpha value is -0.430. The summed E-state index contributed by atoms with van der Waals surface area (Å²) < 4.78 is 27.9. The topological polar surface area (TPSA) is 58.2 Å². The van der Waals surface area contributed by atoms with Crippen LogP contribution in [0.4, 0.5) is 0 Å². The maximum absolute atomic E-state index is 12.4. The maximum atomic E-state index is 12.4. The molecule has 0 aliphatic rings. The molecule has 1 rings (SSSR count). The van der Waals surface area contributed by atoms with Crippen LogP contribution in [0.2, 0.25) is 0 Å². The van der Waals surface area contributed by atoms with Gasteiger partial charge < -0.3 is 5.32 Å². The van der Waals surface area contributed by atoms with E-state index in [4.69, 9.17) is 0 Å². The van der Waals surface area contributed by atoms with Gasteiger partial charge in [0, 0.05) is 17.0 Å². The zero-order valence-electron chi connectivity index (χ0n) is 13.0. The van der Waals surface area contributed by atoms with Gasteiger partial charge in [-0.05, 0) is 51.8 Å². The van der Waals surface area contributed by atoms with E-state index in [0.29, 0.717) is 4.21 Å². The molecule has 0 fully saturated rings. The van der Waals surface area contributed by atoms with E-state index in [0.717, 1.165) is 36.4 Å². The molecule has 0 atom stereocenters. The Bertz CT molecular complexity index is 533. The number of sulfonamides is 1. The van der Waals surface area contributed by atoms with E-state index in [1.54, 1.807) is 6.07 Å². The van der Waals surface area contributed by atoms with Crippen LogP contribution in [0.1, 0.15) is 51.0 Å². The summed E-state index contributed by atoms with van der Waals surface area (Å²) in [6.07, 6.45) is 1.82. The Balaban J connectivity index is 2.89. The molecule has 0 spiro atoms. The molecule has 20 heavy (non-hydrogen) atoms. The fraction of sp³-hybridized carbons (Fsp3) is 0.714. The third-order valence-corrected chi connectivity index (χ3v) is 6.68. The fourth-order valence-electron chi connectivity index (χ4n) is 1.66. The predicted molar refractivity (Wildman–Crippen MR) is 85.7 cm³/mol. The molecular formula is C14H26N2O2S2. The summed E-state index contributed by atoms with van der Waals surface area (Å²) in [5.74, 6) is 0. The van der Waals surface area contributed by atoms with Gasteiger partial charge >= 0.3 is 0 Å². The van der Waals surface area contributed by atoms with Crippen LogP contribution >= 0.6 is 11.3 Å². The lowest BCUT2D eigenvalue weighted by Crippen LogP contribution is -2.42. The van der Waals surface area contributed by atoms with Crippen LogP contribution < -0.4 is 10.0 Å². The first-order valence-corrected chi connectivity index (χ1v) is 9.36. The van der Waals surface area contributed by atoms with Gasteiger partial charge in [-0.1, -0.05) is 13.8 Å². The van der Waals surface area contributed by atoms with Crippen molar-refractivity contribution in [3.8, 4) is 0 Å². The SMILES string of the molecule is CCCNCc1sc(S(=O)(=O)NC(C)(C)CC)cc1C. The molecule has 0 saturated carbocycles. The second kappa shape index (κ2) is 7.02. The molecule has 0 aromatic carbocycles. The van der Waals surface area contributed by atoms with Crippen molar-refractivity contribution in [2.75, 3.05) is 6.54 Å². The summed E-state index contributed by atoms with van der Waals surface area (Å²) in [6.45, 7) is 11.5. The van der Waals surface area contributed by atoms with Crippen molar-refractivity contribution < 1.29 is 8.42 Å². The lowest BCUT2D eigenvalue weighted by Gasteiger charge is -2.23. The van der Waals surface area contributed by atoms with Crippen LogP contribution in [0.3, 0.4) is 0 Å². The molecule has 0 saturated heterocycles. The molecule has 0 radical (unpaired) electrons. The zero-order valence-corrected chi connectivity index (χ0v) is 14.7. The predicted octanol–water partition coefficient (Wildman–Crippen LogP) is 3.02. The summed E-state index contributed by atoms with van der Waals surface area (Å²) in [5.41, 5.74) is 0.616. The molecular weight excluding hydrogens is 292 g/mol. The number of hydrogen-bond donors (Lipinski definition) is 2. The molecule has 6 heteroatoms. The summed E-state index contributed by atoms with van der Waals surface area (Å²) in [6, 6.07) is 1.77. The third-order valence-electron chi connectivity index (χ3n) is 3.27. The normalized spacial score (nSPS) is 12.8. The lowest BCUT2D eigenvalue weighted by molar-refractivity contribution is 0.440. The number of nitrogens with one attached hydrogen (secondary N) is 2. The van der Waals surface area contributed by atoms with E-state index in [2.05, 4.69) is 17.0 Å². The van der Waals surface area contributed by atoms with Gasteiger partial charge in [-0.2, -0.15) is 0 Å². The van der Waals surface area contributed by atoms with Gasteiger partial charge in [-0.3, -0.25) is 0 Å². The smallest absolute Gasteiger partial charge is 0.250 e. The van der Waals surface area contributed by atoms with E-state index < -0.39 is 15.6 Å². The third kappa shape index (κ3) is 4.84. The molecule has 0 bridgehead atoms. The summed E-state index contributed by atoms with van der Waals surface area (Å²) in [7, 11) is -3.42. The van der Waals surface area contributed by atoms with Crippen LogP contribution in [0, 0.1) is 6.92 Å². The molecule has 0 unspecified atom stereocenters. The van der Waals surface area contributed by atoms with E-state index in [1.165, 1.54) is 11.3 Å². The average molecular weight is 319 g/mol. The van der Waals surface area contributed by atoms with E-state index >= 15 is 0 Å². The lowest BCUT2D eigenvalue weighted by atomic mass is 10.0. The first-order chi connectivity index (χ1) is 9.22. The molecule has 4 nitrogen and oxygen atoms in total. The van der Waals surface area contributed by atoms with Crippen molar-refractivity contribution in [1.82, 2.24) is 10.0 Å². The Labute approximate surface area is 127 Å². The molecule has 0 aliphatic heterocycles. The Morgan fingerprint density at radius 2 is 1.95 bits per heavy atom. The van der Waals surface area contributed by atoms with E-state index in [9.17, 15) is 8.42 Å². The minimum atomic E-state index is -3.42. The molecule has 1 heterocycles. The molecule has 116 valence electrons. The highest BCUT2D eigenvalue weighted by molar-refractivity contribution is 7.91. The molecule has 0 amide bonds. The van der Waals surface area contributed by atoms with Gasteiger partial charge in [-0.25, -0.2) is 13.1 Å². The highest BCUT2D eigenvalue weighted by Gasteiger charge is 2.26. The summed E-state index contributed by atoms with van der Waals surface area (Å²) in [5, 5.41) is 3.31. The van der Waals surface area contributed by atoms with Gasteiger partial charge in [0.15, 0.2) is 0 Å². The van der Waals surface area contributed by atoms with Crippen LogP contribution in [0.15, 0.2) is 10.3 Å². The van der Waals surface area contributed by atoms with Crippen LogP contribution in [0.5, 0.6) is 0 Å². The molecule has 0 aliphatic carbocycles. The number of aryl methyl sites for hydroxylation is 1. The van der Waals surface area contributed by atoms with Gasteiger partial charge in [0.05, 0.1) is 0 Å². The van der Waals surface area contributed by atoms with Crippen molar-refractivity contribution in [3.05, 3.63) is 16.5 Å². The van der Waals surface area contributed by atoms with Crippen molar-refractivity contribution >= 4 is 21.4 Å². The second-order valence-electron chi connectivity index (χ2n) is 5.69. The van der Waals surface area contributed by atoms with Crippen molar-refractivity contribution in [1.29, 1.82) is 0 Å². The first-order valence-electron chi connectivity index (χ1n) is 7.06. The Morgan fingerprint density at radius 1 is 1.30 bits per heavy atom. The van der Waals surface area contributed by atoms with Crippen LogP contribution in [0.25, 0.3) is 0 Å². The van der Waals surface area contributed by atoms with Crippen molar-refractivity contribution in [2.24, 2.45) is 0 Å². The van der Waals surface area contributed by atoms with Gasteiger partial charge in [-0.15, -0.1) is 11.3 Å². The van der Waals surface area contributed by atoms with Gasteiger partial charge in [0.25, 0.3) is 10.0 Å². The van der Waals surface area contributed by atoms with Crippen molar-refractivity contribution in [2.45, 2.75) is 63.8 Å². The Kier molecular flexibility index (Phi) is 6.19. The molecule has 2 N–H and O–H groups in total. The van der Waals surface area contributed by atoms with E-state index in [-0.39, 0.29) is 0 Å². The highest BCUT2D eigenvalue weighted by Crippen LogP contribution is 2.27. The average Bonchev–Trinajstić information content (AvgIpc) is 2.71. The summed E-state index contributed by atoms with van der Waals surface area (Å²) in [4.78, 5) is 1.09. The minimum Gasteiger partial charge on any atom is -0.312 e. The molecule has 1 aromatic rings. The fourth-order valence-corrected chi connectivity index (χ4v) is 4.70. The second-order valence-corrected chi connectivity index (χ2v) is 8.74. The highest BCUT2D eigenvalue weighted by atomic mass is 32.2. The van der Waals surface area contributed by atoms with Crippen LogP contribution in [-0.4, -0.2) is 20.5 Å². The van der Waals surface area contributed by atoms with Crippen LogP contribution in [-0.2, 0) is 16.6 Å². The standard InChI is InChI=1S/C14H26N2O2S2/c1-6-8-15-10-12-11(3)9-13(19-12)20(17,18)16-14(4,5)7-2/h9,15-16H,6-8,10H2,1-5H3. The quantitative estimate of drug-likeness (QED) is 0.724. The first kappa shape index (κ1) is 17.6. The van der Waals surface area contributed by atoms with Gasteiger partial charge in [0.1, 0.15) is 4.21 Å². The van der Waals surface area contributed by atoms with E-state index in [1.807, 2.05) is 27.7 Å². The maximum Gasteiger partial charge on any atom is 0.250 e. The number of hydrogen-bond acceptors (Lipinski definition) is 4. The Morgan fingerprint density at radius 3 is 2.50 bits per heavy atom. The number of rotatable bonds is 8. The monoisotopic (exact) mass is 318 g/mol. The van der Waals surface area contributed by atoms with Gasteiger partial charge in [0.2, 0.25) is 0 Å². The summed E-state index contributed by atoms with van der Waals surface area (Å²) >= 11 is 1.36. The number of thiophene rings is 1. The van der Waals surface area contributed by atoms with Crippen molar-refractivity contribution in [3.63, 3.8) is 0 Å². The largest absolute Gasteiger partial charge is 0.312 e. The minimum absolute atomic E-state index is 0.407. The molecule has 1 aromatic heterocycles.